The Balaban J connectivity index is 0.000000294. The van der Waals surface area contributed by atoms with E-state index in [2.05, 4.69) is 25.8 Å². The minimum Gasteiger partial charge on any atom is -0.380 e. The molecule has 2 heterocycles. The lowest BCUT2D eigenvalue weighted by atomic mass is 9.85. The summed E-state index contributed by atoms with van der Waals surface area (Å²) in [5.74, 6) is 0. The average Bonchev–Trinajstić information content (AvgIpc) is 2.52. The van der Waals surface area contributed by atoms with Crippen molar-refractivity contribution < 1.29 is 4.74 Å². The van der Waals surface area contributed by atoms with Crippen molar-refractivity contribution >= 4 is 0 Å². The Labute approximate surface area is 89.6 Å². The van der Waals surface area contributed by atoms with E-state index in [0.29, 0.717) is 5.41 Å². The number of ether oxygens (including phenoxy) is 1. The van der Waals surface area contributed by atoms with Crippen molar-refractivity contribution in [3.63, 3.8) is 0 Å². The van der Waals surface area contributed by atoms with E-state index in [4.69, 9.17) is 4.74 Å². The first-order valence-electron chi connectivity index (χ1n) is 5.99. The number of nitrogens with zero attached hydrogens (tertiary/aromatic N) is 1. The molecule has 0 aromatic heterocycles. The summed E-state index contributed by atoms with van der Waals surface area (Å²) in [5.41, 5.74) is 0.592. The molecule has 0 atom stereocenters. The largest absolute Gasteiger partial charge is 0.380 e. The van der Waals surface area contributed by atoms with E-state index < -0.39 is 0 Å². The van der Waals surface area contributed by atoms with Crippen LogP contribution in [0, 0.1) is 5.41 Å². The molecule has 2 saturated heterocycles. The van der Waals surface area contributed by atoms with Crippen LogP contribution in [0.3, 0.4) is 0 Å². The van der Waals surface area contributed by atoms with E-state index in [1.807, 2.05) is 13.8 Å². The lowest BCUT2D eigenvalue weighted by molar-refractivity contribution is -0.104. The van der Waals surface area contributed by atoms with Gasteiger partial charge >= 0.3 is 0 Å². The lowest BCUT2D eigenvalue weighted by Crippen LogP contribution is -2.44. The molecule has 0 radical (unpaired) electrons. The summed E-state index contributed by atoms with van der Waals surface area (Å²) in [4.78, 5) is 2.39. The van der Waals surface area contributed by atoms with Crippen LogP contribution in [-0.4, -0.2) is 38.3 Å². The topological polar surface area (TPSA) is 12.5 Å². The summed E-state index contributed by atoms with van der Waals surface area (Å²) >= 11 is 0. The molecule has 0 saturated carbocycles. The van der Waals surface area contributed by atoms with Gasteiger partial charge in [0.1, 0.15) is 0 Å². The van der Waals surface area contributed by atoms with Crippen molar-refractivity contribution in [1.29, 1.82) is 0 Å². The Hall–Kier alpha value is -0.0800. The van der Waals surface area contributed by atoms with Crippen LogP contribution in [0.1, 0.15) is 40.5 Å². The highest BCUT2D eigenvalue weighted by atomic mass is 16.5. The molecular weight excluding hydrogens is 174 g/mol. The van der Waals surface area contributed by atoms with Gasteiger partial charge in [0.25, 0.3) is 0 Å². The van der Waals surface area contributed by atoms with Gasteiger partial charge in [-0.3, -0.25) is 0 Å². The maximum Gasteiger partial charge on any atom is 0.0557 e. The van der Waals surface area contributed by atoms with Gasteiger partial charge in [-0.2, -0.15) is 0 Å². The molecule has 1 spiro atoms. The second kappa shape index (κ2) is 7.24. The van der Waals surface area contributed by atoms with Crippen molar-refractivity contribution in [2.24, 2.45) is 5.41 Å². The van der Waals surface area contributed by atoms with E-state index in [1.165, 1.54) is 25.9 Å². The lowest BCUT2D eigenvalue weighted by Gasteiger charge is -2.37. The van der Waals surface area contributed by atoms with Crippen molar-refractivity contribution in [3.05, 3.63) is 0 Å². The van der Waals surface area contributed by atoms with Gasteiger partial charge in [-0.05, 0) is 20.0 Å². The zero-order valence-electron chi connectivity index (χ0n) is 10.6. The second-order valence-electron chi connectivity index (χ2n) is 4.19. The Kier molecular flexibility index (Phi) is 7.20. The van der Waals surface area contributed by atoms with E-state index in [-0.39, 0.29) is 0 Å². The molecular formula is C12H27NO. The standard InChI is InChI=1S/C7H13NO.C3H8.C2H6/c1-8-3-2-7(4-8)5-9-6-7;1-3-2;1-2/h2-6H2,1H3;3H2,1-2H3;1-2H3. The third-order valence-corrected chi connectivity index (χ3v) is 2.45. The van der Waals surface area contributed by atoms with Crippen molar-refractivity contribution in [3.8, 4) is 0 Å². The first-order valence-corrected chi connectivity index (χ1v) is 5.99. The Morgan fingerprint density at radius 2 is 1.71 bits per heavy atom. The molecule has 0 aromatic rings. The van der Waals surface area contributed by atoms with Gasteiger partial charge in [0.2, 0.25) is 0 Å². The number of rotatable bonds is 0. The van der Waals surface area contributed by atoms with Crippen LogP contribution < -0.4 is 0 Å². The van der Waals surface area contributed by atoms with Gasteiger partial charge in [-0.25, -0.2) is 0 Å². The van der Waals surface area contributed by atoms with Gasteiger partial charge in [0.15, 0.2) is 0 Å². The van der Waals surface area contributed by atoms with E-state index >= 15 is 0 Å². The summed E-state index contributed by atoms with van der Waals surface area (Å²) in [6.45, 7) is 12.8. The number of likely N-dealkylation sites (tertiary alicyclic amines) is 1. The van der Waals surface area contributed by atoms with Crippen molar-refractivity contribution in [2.75, 3.05) is 33.4 Å². The van der Waals surface area contributed by atoms with Gasteiger partial charge in [-0.1, -0.05) is 34.1 Å². The highest BCUT2D eigenvalue weighted by molar-refractivity contribution is 4.93. The molecule has 86 valence electrons. The molecule has 0 aromatic carbocycles. The zero-order chi connectivity index (χ0) is 11.0. The third kappa shape index (κ3) is 3.97. The summed E-state index contributed by atoms with van der Waals surface area (Å²) in [5, 5.41) is 0. The predicted molar refractivity (Wildman–Crippen MR) is 62.7 cm³/mol. The van der Waals surface area contributed by atoms with Crippen LogP contribution in [-0.2, 0) is 4.74 Å². The van der Waals surface area contributed by atoms with Gasteiger partial charge in [0.05, 0.1) is 13.2 Å². The third-order valence-electron chi connectivity index (χ3n) is 2.45. The summed E-state index contributed by atoms with van der Waals surface area (Å²) < 4.78 is 5.18. The van der Waals surface area contributed by atoms with Crippen molar-refractivity contribution in [2.45, 2.75) is 40.5 Å². The maximum atomic E-state index is 5.18. The van der Waals surface area contributed by atoms with Gasteiger partial charge < -0.3 is 9.64 Å². The summed E-state index contributed by atoms with van der Waals surface area (Å²) in [6, 6.07) is 0. The molecule has 2 nitrogen and oxygen atoms in total. The average molecular weight is 201 g/mol. The molecule has 14 heavy (non-hydrogen) atoms. The predicted octanol–water partition coefficient (Wildman–Crippen LogP) is 2.78. The molecule has 2 aliphatic heterocycles. The Bertz CT molecular complexity index is 132. The maximum absolute atomic E-state index is 5.18. The first-order chi connectivity index (χ1) is 6.72. The van der Waals surface area contributed by atoms with Crippen LogP contribution in [0.2, 0.25) is 0 Å². The minimum atomic E-state index is 0.592. The Morgan fingerprint density at radius 3 is 1.86 bits per heavy atom. The fraction of sp³-hybridized carbons (Fsp3) is 1.00. The van der Waals surface area contributed by atoms with Gasteiger partial charge in [-0.15, -0.1) is 0 Å². The quantitative estimate of drug-likeness (QED) is 0.597. The summed E-state index contributed by atoms with van der Waals surface area (Å²) in [7, 11) is 2.19. The fourth-order valence-electron chi connectivity index (χ4n) is 1.79. The van der Waals surface area contributed by atoms with Crippen LogP contribution in [0.5, 0.6) is 0 Å². The summed E-state index contributed by atoms with van der Waals surface area (Å²) in [6.07, 6.45) is 2.60. The highest BCUT2D eigenvalue weighted by Gasteiger charge is 2.42. The van der Waals surface area contributed by atoms with Crippen LogP contribution >= 0.6 is 0 Å². The second-order valence-corrected chi connectivity index (χ2v) is 4.19. The molecule has 0 unspecified atom stereocenters. The van der Waals surface area contributed by atoms with Crippen LogP contribution in [0.4, 0.5) is 0 Å². The minimum absolute atomic E-state index is 0.592. The molecule has 0 aliphatic carbocycles. The van der Waals surface area contributed by atoms with Crippen LogP contribution in [0.15, 0.2) is 0 Å². The molecule has 2 aliphatic rings. The van der Waals surface area contributed by atoms with E-state index in [0.717, 1.165) is 13.2 Å². The van der Waals surface area contributed by atoms with E-state index in [1.54, 1.807) is 0 Å². The number of hydrogen-bond acceptors (Lipinski definition) is 2. The smallest absolute Gasteiger partial charge is 0.0557 e. The molecule has 0 N–H and O–H groups in total. The molecule has 2 fully saturated rings. The van der Waals surface area contributed by atoms with E-state index in [9.17, 15) is 0 Å². The molecule has 2 rings (SSSR count). The van der Waals surface area contributed by atoms with Gasteiger partial charge in [0, 0.05) is 12.0 Å². The van der Waals surface area contributed by atoms with Crippen LogP contribution in [0.25, 0.3) is 0 Å². The molecule has 0 bridgehead atoms. The first kappa shape index (κ1) is 13.9. The SMILES string of the molecule is CC.CCC.CN1CCC2(COC2)C1. The normalized spacial score (nSPS) is 22.9. The molecule has 0 amide bonds. The zero-order valence-corrected chi connectivity index (χ0v) is 10.6. The monoisotopic (exact) mass is 201 g/mol. The Morgan fingerprint density at radius 1 is 1.21 bits per heavy atom. The highest BCUT2D eigenvalue weighted by Crippen LogP contribution is 2.36. The van der Waals surface area contributed by atoms with Crippen molar-refractivity contribution in [1.82, 2.24) is 4.90 Å². The molecule has 2 heteroatoms. The fourth-order valence-corrected chi connectivity index (χ4v) is 1.79. The number of hydrogen-bond donors (Lipinski definition) is 0.